The van der Waals surface area contributed by atoms with Gasteiger partial charge in [0.25, 0.3) is 0 Å². The maximum absolute atomic E-state index is 13.6. The van der Waals surface area contributed by atoms with E-state index in [9.17, 15) is 9.18 Å². The predicted octanol–water partition coefficient (Wildman–Crippen LogP) is 4.06. The van der Waals surface area contributed by atoms with Crippen LogP contribution in [-0.4, -0.2) is 5.97 Å². The van der Waals surface area contributed by atoms with E-state index in [-0.39, 0.29) is 11.7 Å². The molecule has 1 aliphatic carbocycles. The average Bonchev–Trinajstić information content (AvgIpc) is 2.48. The zero-order valence-electron chi connectivity index (χ0n) is 11.0. The standard InChI is InChI=1S/C17H15FO2/c18-15-10-4-3-9-14(15)17(19)20-16-11-5-7-12-6-1-2-8-13(12)16/h1-4,6,8-10,16H,5,7,11H2. The van der Waals surface area contributed by atoms with Gasteiger partial charge in [0.05, 0.1) is 5.56 Å². The Labute approximate surface area is 117 Å². The SMILES string of the molecule is O=C(OC1CCCc2ccccc21)c1ccccc1F. The number of halogens is 1. The van der Waals surface area contributed by atoms with Crippen LogP contribution in [-0.2, 0) is 11.2 Å². The molecule has 0 bridgehead atoms. The maximum atomic E-state index is 13.6. The minimum atomic E-state index is -0.593. The first-order valence-electron chi connectivity index (χ1n) is 6.79. The van der Waals surface area contributed by atoms with E-state index in [0.29, 0.717) is 0 Å². The van der Waals surface area contributed by atoms with Crippen LogP contribution in [0.2, 0.25) is 0 Å². The summed E-state index contributed by atoms with van der Waals surface area (Å²) in [5.74, 6) is -1.13. The van der Waals surface area contributed by atoms with Gasteiger partial charge in [-0.1, -0.05) is 36.4 Å². The fourth-order valence-corrected chi connectivity index (χ4v) is 2.65. The Hall–Kier alpha value is -2.16. The van der Waals surface area contributed by atoms with E-state index in [2.05, 4.69) is 6.07 Å². The quantitative estimate of drug-likeness (QED) is 0.769. The molecule has 2 aromatic carbocycles. The first-order valence-corrected chi connectivity index (χ1v) is 6.79. The summed E-state index contributed by atoms with van der Waals surface area (Å²) in [6.07, 6.45) is 2.50. The number of aryl methyl sites for hydroxylation is 1. The molecule has 20 heavy (non-hydrogen) atoms. The highest BCUT2D eigenvalue weighted by Gasteiger charge is 2.24. The van der Waals surface area contributed by atoms with E-state index in [4.69, 9.17) is 4.74 Å². The smallest absolute Gasteiger partial charge is 0.341 e. The topological polar surface area (TPSA) is 26.3 Å². The van der Waals surface area contributed by atoms with Gasteiger partial charge in [-0.3, -0.25) is 0 Å². The van der Waals surface area contributed by atoms with Crippen LogP contribution in [0.3, 0.4) is 0 Å². The van der Waals surface area contributed by atoms with Crippen LogP contribution in [0.25, 0.3) is 0 Å². The van der Waals surface area contributed by atoms with Gasteiger partial charge in [-0.15, -0.1) is 0 Å². The fourth-order valence-electron chi connectivity index (χ4n) is 2.65. The highest BCUT2D eigenvalue weighted by atomic mass is 19.1. The van der Waals surface area contributed by atoms with Crippen LogP contribution in [0.1, 0.15) is 40.4 Å². The summed E-state index contributed by atoms with van der Waals surface area (Å²) in [5.41, 5.74) is 2.25. The number of fused-ring (bicyclic) bond motifs is 1. The third-order valence-corrected chi connectivity index (χ3v) is 3.66. The fraction of sp³-hybridized carbons (Fsp3) is 0.235. The summed E-state index contributed by atoms with van der Waals surface area (Å²) in [5, 5.41) is 0. The zero-order chi connectivity index (χ0) is 13.9. The Morgan fingerprint density at radius 2 is 1.85 bits per heavy atom. The van der Waals surface area contributed by atoms with Gasteiger partial charge in [-0.2, -0.15) is 0 Å². The molecular formula is C17H15FO2. The maximum Gasteiger partial charge on any atom is 0.341 e. The van der Waals surface area contributed by atoms with Crippen molar-refractivity contribution in [3.05, 3.63) is 71.0 Å². The van der Waals surface area contributed by atoms with Crippen LogP contribution in [0.15, 0.2) is 48.5 Å². The van der Waals surface area contributed by atoms with Crippen molar-refractivity contribution < 1.29 is 13.9 Å². The van der Waals surface area contributed by atoms with Crippen LogP contribution >= 0.6 is 0 Å². The molecule has 1 unspecified atom stereocenters. The Balaban J connectivity index is 1.83. The number of hydrogen-bond acceptors (Lipinski definition) is 2. The second-order valence-electron chi connectivity index (χ2n) is 4.96. The van der Waals surface area contributed by atoms with Gasteiger partial charge in [-0.25, -0.2) is 9.18 Å². The first kappa shape index (κ1) is 12.9. The first-order chi connectivity index (χ1) is 9.75. The summed E-state index contributed by atoms with van der Waals surface area (Å²) in [7, 11) is 0. The Bertz CT molecular complexity index is 636. The van der Waals surface area contributed by atoms with E-state index < -0.39 is 11.8 Å². The molecular weight excluding hydrogens is 255 g/mol. The molecule has 2 nitrogen and oxygen atoms in total. The lowest BCUT2D eigenvalue weighted by Crippen LogP contribution is -2.17. The summed E-state index contributed by atoms with van der Waals surface area (Å²) in [6, 6.07) is 13.9. The molecule has 0 aromatic heterocycles. The molecule has 0 fully saturated rings. The molecule has 1 aliphatic rings. The predicted molar refractivity (Wildman–Crippen MR) is 73.9 cm³/mol. The molecule has 3 rings (SSSR count). The van der Waals surface area contributed by atoms with Gasteiger partial charge in [0, 0.05) is 0 Å². The van der Waals surface area contributed by atoms with Gasteiger partial charge in [-0.05, 0) is 42.5 Å². The number of ether oxygens (including phenoxy) is 1. The van der Waals surface area contributed by atoms with E-state index in [0.717, 1.165) is 24.8 Å². The normalized spacial score (nSPS) is 17.4. The summed E-state index contributed by atoms with van der Waals surface area (Å²) in [6.45, 7) is 0. The van der Waals surface area contributed by atoms with Crippen LogP contribution in [0.4, 0.5) is 4.39 Å². The molecule has 0 N–H and O–H groups in total. The molecule has 0 saturated heterocycles. The number of carbonyl (C=O) groups excluding carboxylic acids is 1. The molecule has 0 spiro atoms. The minimum Gasteiger partial charge on any atom is -0.454 e. The Kier molecular flexibility index (Phi) is 3.50. The van der Waals surface area contributed by atoms with Gasteiger partial charge in [0.15, 0.2) is 0 Å². The minimum absolute atomic E-state index is 0.00412. The van der Waals surface area contributed by atoms with Gasteiger partial charge in [0.2, 0.25) is 0 Å². The van der Waals surface area contributed by atoms with Crippen LogP contribution in [0.5, 0.6) is 0 Å². The lowest BCUT2D eigenvalue weighted by molar-refractivity contribution is 0.0251. The van der Waals surface area contributed by atoms with Crippen molar-refractivity contribution in [1.82, 2.24) is 0 Å². The van der Waals surface area contributed by atoms with Gasteiger partial charge < -0.3 is 4.74 Å². The monoisotopic (exact) mass is 270 g/mol. The van der Waals surface area contributed by atoms with Crippen molar-refractivity contribution in [2.75, 3.05) is 0 Å². The van der Waals surface area contributed by atoms with Gasteiger partial charge >= 0.3 is 5.97 Å². The molecule has 102 valence electrons. The molecule has 0 amide bonds. The molecule has 0 aliphatic heterocycles. The summed E-state index contributed by atoms with van der Waals surface area (Å²) < 4.78 is 19.1. The summed E-state index contributed by atoms with van der Waals surface area (Å²) in [4.78, 5) is 12.1. The van der Waals surface area contributed by atoms with Crippen molar-refractivity contribution in [1.29, 1.82) is 0 Å². The van der Waals surface area contributed by atoms with Crippen LogP contribution in [0, 0.1) is 5.82 Å². The third-order valence-electron chi connectivity index (χ3n) is 3.66. The van der Waals surface area contributed by atoms with Crippen molar-refractivity contribution in [3.63, 3.8) is 0 Å². The van der Waals surface area contributed by atoms with Crippen molar-refractivity contribution >= 4 is 5.97 Å². The number of esters is 1. The lowest BCUT2D eigenvalue weighted by Gasteiger charge is -2.25. The summed E-state index contributed by atoms with van der Waals surface area (Å²) >= 11 is 0. The van der Waals surface area contributed by atoms with E-state index >= 15 is 0 Å². The molecule has 1 atom stereocenters. The second-order valence-corrected chi connectivity index (χ2v) is 4.96. The third kappa shape index (κ3) is 2.44. The number of hydrogen-bond donors (Lipinski definition) is 0. The second kappa shape index (κ2) is 5.45. The average molecular weight is 270 g/mol. The van der Waals surface area contributed by atoms with Crippen molar-refractivity contribution in [2.24, 2.45) is 0 Å². The number of benzene rings is 2. The highest BCUT2D eigenvalue weighted by molar-refractivity contribution is 5.89. The zero-order valence-corrected chi connectivity index (χ0v) is 11.0. The Morgan fingerprint density at radius 1 is 1.10 bits per heavy atom. The van der Waals surface area contributed by atoms with E-state index in [1.54, 1.807) is 12.1 Å². The number of carbonyl (C=O) groups is 1. The molecule has 0 heterocycles. The Morgan fingerprint density at radius 3 is 2.70 bits per heavy atom. The highest BCUT2D eigenvalue weighted by Crippen LogP contribution is 2.33. The molecule has 0 radical (unpaired) electrons. The van der Waals surface area contributed by atoms with E-state index in [1.807, 2.05) is 18.2 Å². The van der Waals surface area contributed by atoms with E-state index in [1.165, 1.54) is 17.7 Å². The molecule has 3 heteroatoms. The molecule has 2 aromatic rings. The van der Waals surface area contributed by atoms with Crippen LogP contribution < -0.4 is 0 Å². The molecule has 0 saturated carbocycles. The number of rotatable bonds is 2. The lowest BCUT2D eigenvalue weighted by atomic mass is 9.89. The van der Waals surface area contributed by atoms with Gasteiger partial charge in [0.1, 0.15) is 11.9 Å². The largest absolute Gasteiger partial charge is 0.454 e. The van der Waals surface area contributed by atoms with Crippen molar-refractivity contribution in [3.8, 4) is 0 Å². The van der Waals surface area contributed by atoms with Crippen molar-refractivity contribution in [2.45, 2.75) is 25.4 Å².